The predicted octanol–water partition coefficient (Wildman–Crippen LogP) is 9.55. The van der Waals surface area contributed by atoms with Gasteiger partial charge < -0.3 is 14.8 Å². The van der Waals surface area contributed by atoms with Gasteiger partial charge in [0, 0.05) is 22.8 Å². The van der Waals surface area contributed by atoms with Crippen LogP contribution in [0.5, 0.6) is 11.5 Å². The molecule has 0 spiro atoms. The fraction of sp³-hybridized carbons (Fsp3) is 0.206. The number of hydrogen-bond donors (Lipinski definition) is 1. The summed E-state index contributed by atoms with van der Waals surface area (Å²) in [6.45, 7) is 2.75. The summed E-state index contributed by atoms with van der Waals surface area (Å²) in [5.74, 6) is 2.06. The fourth-order valence-corrected chi connectivity index (χ4v) is 6.12. The highest BCUT2D eigenvalue weighted by Gasteiger charge is 2.37. The van der Waals surface area contributed by atoms with Crippen molar-refractivity contribution in [2.75, 3.05) is 11.9 Å². The third kappa shape index (κ3) is 5.60. The molecule has 1 N–H and O–H groups in total. The molecule has 6 heteroatoms. The van der Waals surface area contributed by atoms with E-state index >= 15 is 0 Å². The zero-order chi connectivity index (χ0) is 27.5. The first-order valence-electron chi connectivity index (χ1n) is 13.6. The third-order valence-electron chi connectivity index (χ3n) is 7.49. The minimum atomic E-state index is 0.264. The molecule has 202 valence electrons. The average molecular weight is 570 g/mol. The van der Waals surface area contributed by atoms with Gasteiger partial charge >= 0.3 is 0 Å². The van der Waals surface area contributed by atoms with Gasteiger partial charge in [0.05, 0.1) is 23.4 Å². The molecule has 0 amide bonds. The molecule has 0 aromatic heterocycles. The van der Waals surface area contributed by atoms with E-state index in [-0.39, 0.29) is 6.04 Å². The molecule has 40 heavy (non-hydrogen) atoms. The number of fused-ring (bicyclic) bond motifs is 3. The van der Waals surface area contributed by atoms with Crippen LogP contribution in [0, 0.1) is 5.92 Å². The molecule has 0 bridgehead atoms. The van der Waals surface area contributed by atoms with Gasteiger partial charge in [-0.05, 0) is 84.0 Å². The number of nitrogens with zero attached hydrogens (tertiary/aromatic N) is 1. The van der Waals surface area contributed by atoms with E-state index < -0.39 is 0 Å². The minimum absolute atomic E-state index is 0.264. The van der Waals surface area contributed by atoms with Crippen molar-refractivity contribution in [3.63, 3.8) is 0 Å². The summed E-state index contributed by atoms with van der Waals surface area (Å²) in [6.07, 6.45) is 7.57. The molecule has 0 radical (unpaired) electrons. The summed E-state index contributed by atoms with van der Waals surface area (Å²) in [5, 5.41) is 4.92. The lowest BCUT2D eigenvalue weighted by Gasteiger charge is -2.37. The van der Waals surface area contributed by atoms with Crippen molar-refractivity contribution in [3.05, 3.63) is 129 Å². The Morgan fingerprint density at radius 1 is 0.950 bits per heavy atom. The van der Waals surface area contributed by atoms with Crippen molar-refractivity contribution >= 4 is 40.8 Å². The summed E-state index contributed by atoms with van der Waals surface area (Å²) in [6, 6.07) is 28.7. The Hall–Kier alpha value is -3.73. The van der Waals surface area contributed by atoms with E-state index in [1.165, 1.54) is 16.8 Å². The van der Waals surface area contributed by atoms with Crippen LogP contribution in [-0.4, -0.2) is 12.8 Å². The molecule has 1 aliphatic heterocycles. The van der Waals surface area contributed by atoms with E-state index in [1.54, 1.807) is 6.21 Å². The summed E-state index contributed by atoms with van der Waals surface area (Å²) >= 11 is 12.7. The number of ether oxygens (including phenoxy) is 2. The average Bonchev–Trinajstić information content (AvgIpc) is 3.46. The van der Waals surface area contributed by atoms with Gasteiger partial charge in [-0.15, -0.1) is 0 Å². The molecule has 3 atom stereocenters. The summed E-state index contributed by atoms with van der Waals surface area (Å²) in [5.41, 5.74) is 6.55. The standard InChI is InChI=1S/C34H30Cl2N2O2/c1-2-39-32-19-23(18-30(36)34(32)40-21-22-7-5-8-25(35)17-22)20-37-26-15-13-24(14-16-26)33-29-11-6-10-27(29)28-9-3-4-12-31(28)38-33/h3-10,12-20,27,29,33,38H,2,11,21H2,1H3/t27-,29-,33+/m1/s1. The highest BCUT2D eigenvalue weighted by molar-refractivity contribution is 6.32. The Morgan fingerprint density at radius 2 is 1.80 bits per heavy atom. The fourth-order valence-electron chi connectivity index (χ4n) is 5.64. The maximum absolute atomic E-state index is 6.63. The van der Waals surface area contributed by atoms with Crippen molar-refractivity contribution in [1.29, 1.82) is 0 Å². The van der Waals surface area contributed by atoms with Gasteiger partial charge in [0.1, 0.15) is 6.61 Å². The molecule has 6 rings (SSSR count). The Bertz CT molecular complexity index is 1560. The molecule has 4 aromatic carbocycles. The summed E-state index contributed by atoms with van der Waals surface area (Å²) in [7, 11) is 0. The van der Waals surface area contributed by atoms with E-state index in [1.807, 2.05) is 43.3 Å². The number of allylic oxidation sites excluding steroid dienone is 2. The highest BCUT2D eigenvalue weighted by atomic mass is 35.5. The lowest BCUT2D eigenvalue weighted by molar-refractivity contribution is 0.269. The molecule has 0 fully saturated rings. The van der Waals surface area contributed by atoms with Gasteiger partial charge in [-0.3, -0.25) is 4.99 Å². The molecule has 0 saturated carbocycles. The largest absolute Gasteiger partial charge is 0.490 e. The van der Waals surface area contributed by atoms with E-state index in [4.69, 9.17) is 37.7 Å². The second kappa shape index (κ2) is 11.8. The van der Waals surface area contributed by atoms with E-state index in [0.717, 1.165) is 23.2 Å². The molecule has 0 saturated heterocycles. The zero-order valence-corrected chi connectivity index (χ0v) is 23.7. The molecule has 0 unspecified atom stereocenters. The third-order valence-corrected chi connectivity index (χ3v) is 8.01. The SMILES string of the molecule is CCOc1cc(C=Nc2ccc([C@@H]3Nc4ccccc4[C@H]4C=CC[C@H]43)cc2)cc(Cl)c1OCc1cccc(Cl)c1. The number of benzene rings is 4. The van der Waals surface area contributed by atoms with E-state index in [2.05, 4.69) is 66.0 Å². The van der Waals surface area contributed by atoms with Crippen molar-refractivity contribution in [1.82, 2.24) is 0 Å². The first kappa shape index (κ1) is 26.5. The predicted molar refractivity (Wildman–Crippen MR) is 165 cm³/mol. The maximum Gasteiger partial charge on any atom is 0.180 e. The number of aliphatic imine (C=N–C) groups is 1. The van der Waals surface area contributed by atoms with Crippen LogP contribution in [-0.2, 0) is 6.61 Å². The van der Waals surface area contributed by atoms with Crippen molar-refractivity contribution < 1.29 is 9.47 Å². The Kier molecular flexibility index (Phi) is 7.81. The van der Waals surface area contributed by atoms with Crippen LogP contribution in [0.3, 0.4) is 0 Å². The number of nitrogens with one attached hydrogen (secondary N) is 1. The van der Waals surface area contributed by atoms with Gasteiger partial charge in [0.2, 0.25) is 0 Å². The minimum Gasteiger partial charge on any atom is -0.490 e. The maximum atomic E-state index is 6.63. The first-order chi connectivity index (χ1) is 19.6. The van der Waals surface area contributed by atoms with E-state index in [0.29, 0.717) is 46.6 Å². The monoisotopic (exact) mass is 568 g/mol. The van der Waals surface area contributed by atoms with Gasteiger partial charge in [-0.1, -0.05) is 77.8 Å². The second-order valence-electron chi connectivity index (χ2n) is 10.1. The van der Waals surface area contributed by atoms with Gasteiger partial charge in [-0.2, -0.15) is 0 Å². The van der Waals surface area contributed by atoms with Gasteiger partial charge in [-0.25, -0.2) is 0 Å². The Balaban J connectivity index is 1.18. The van der Waals surface area contributed by atoms with Crippen molar-refractivity contribution in [2.45, 2.75) is 31.9 Å². The van der Waals surface area contributed by atoms with E-state index in [9.17, 15) is 0 Å². The lowest BCUT2D eigenvalue weighted by atomic mass is 9.77. The normalized spacial score (nSPS) is 19.2. The number of para-hydroxylation sites is 1. The van der Waals surface area contributed by atoms with Crippen LogP contribution in [0.2, 0.25) is 10.0 Å². The molecule has 4 nitrogen and oxygen atoms in total. The molecule has 4 aromatic rings. The van der Waals surface area contributed by atoms with Crippen LogP contribution in [0.25, 0.3) is 0 Å². The summed E-state index contributed by atoms with van der Waals surface area (Å²) in [4.78, 5) is 4.71. The summed E-state index contributed by atoms with van der Waals surface area (Å²) < 4.78 is 11.9. The van der Waals surface area contributed by atoms with Crippen LogP contribution >= 0.6 is 23.2 Å². The molecule has 1 aliphatic carbocycles. The number of hydrogen-bond acceptors (Lipinski definition) is 4. The second-order valence-corrected chi connectivity index (χ2v) is 10.9. The topological polar surface area (TPSA) is 42.8 Å². The number of halogens is 2. The quantitative estimate of drug-likeness (QED) is 0.170. The zero-order valence-electron chi connectivity index (χ0n) is 22.2. The molecular formula is C34H30Cl2N2O2. The van der Waals surface area contributed by atoms with Crippen LogP contribution in [0.4, 0.5) is 11.4 Å². The Labute approximate surface area is 245 Å². The number of rotatable bonds is 8. The molecular weight excluding hydrogens is 539 g/mol. The van der Waals surface area contributed by atoms with Crippen molar-refractivity contribution in [3.8, 4) is 11.5 Å². The molecule has 1 heterocycles. The van der Waals surface area contributed by atoms with Crippen LogP contribution in [0.1, 0.15) is 47.6 Å². The Morgan fingerprint density at radius 3 is 2.62 bits per heavy atom. The lowest BCUT2D eigenvalue weighted by Crippen LogP contribution is -2.28. The van der Waals surface area contributed by atoms with Crippen LogP contribution < -0.4 is 14.8 Å². The van der Waals surface area contributed by atoms with Gasteiger partial charge in [0.25, 0.3) is 0 Å². The smallest absolute Gasteiger partial charge is 0.180 e. The van der Waals surface area contributed by atoms with Crippen molar-refractivity contribution in [2.24, 2.45) is 10.9 Å². The van der Waals surface area contributed by atoms with Gasteiger partial charge in [0.15, 0.2) is 11.5 Å². The first-order valence-corrected chi connectivity index (χ1v) is 14.3. The molecule has 2 aliphatic rings. The number of anilines is 1. The van der Waals surface area contributed by atoms with Crippen LogP contribution in [0.15, 0.2) is 102 Å². The highest BCUT2D eigenvalue weighted by Crippen LogP contribution is 2.49.